The molecule has 0 N–H and O–H groups in total. The Labute approximate surface area is 51.8 Å². The topological polar surface area (TPSA) is 71.4 Å². The van der Waals surface area contributed by atoms with Gasteiger partial charge < -0.3 is 0 Å². The van der Waals surface area contributed by atoms with Crippen LogP contribution in [0, 0.1) is 33.2 Å². The van der Waals surface area contributed by atoms with Crippen LogP contribution >= 0.6 is 17.9 Å². The number of hydrogen-bond donors (Lipinski definition) is 0. The van der Waals surface area contributed by atoms with Gasteiger partial charge in [0.2, 0.25) is 0 Å². The molecule has 0 aromatic heterocycles. The van der Waals surface area contributed by atoms with Gasteiger partial charge >= 0.3 is 6.62 Å². The zero-order valence-electron chi connectivity index (χ0n) is 3.67. The molecule has 0 unspecified atom stereocenters. The van der Waals surface area contributed by atoms with E-state index in [4.69, 9.17) is 27.0 Å². The summed E-state index contributed by atoms with van der Waals surface area (Å²) >= 11 is 5.12. The van der Waals surface area contributed by atoms with E-state index in [1.807, 2.05) is 0 Å². The van der Waals surface area contributed by atoms with Gasteiger partial charge in [0.15, 0.2) is 0 Å². The molecule has 5 heteroatoms. The van der Waals surface area contributed by atoms with Gasteiger partial charge in [-0.2, -0.15) is 0 Å². The van der Waals surface area contributed by atoms with Crippen LogP contribution in [-0.4, -0.2) is 0 Å². The van der Waals surface area contributed by atoms with Crippen LogP contribution in [0.25, 0.3) is 0 Å². The second kappa shape index (κ2) is 2.49. The van der Waals surface area contributed by atoms with E-state index >= 15 is 0 Å². The van der Waals surface area contributed by atoms with Crippen LogP contribution in [0.3, 0.4) is 0 Å². The van der Waals surface area contributed by atoms with Crippen molar-refractivity contribution in [2.45, 2.75) is 0 Å². The van der Waals surface area contributed by atoms with Crippen molar-refractivity contribution in [2.24, 2.45) is 0 Å². The Bertz CT molecular complexity index is 168. The lowest BCUT2D eigenvalue weighted by Gasteiger charge is -1.74. The molecule has 8 heavy (non-hydrogen) atoms. The highest BCUT2D eigenvalue weighted by atomic mass is 35.7. The predicted octanol–water partition coefficient (Wildman–Crippen LogP) is 1.60. The summed E-state index contributed by atoms with van der Waals surface area (Å²) in [6.07, 6.45) is 0. The van der Waals surface area contributed by atoms with Crippen LogP contribution in [0.15, 0.2) is 0 Å². The van der Waals surface area contributed by atoms with E-state index in [-0.39, 0.29) is 0 Å². The smallest absolute Gasteiger partial charge is 0.147 e. The lowest BCUT2D eigenvalue weighted by Crippen LogP contribution is -1.64. The Morgan fingerprint density at radius 2 is 1.25 bits per heavy atom. The first-order valence-corrected chi connectivity index (χ1v) is 4.20. The molecule has 0 atom stereocenters. The summed E-state index contributed by atoms with van der Waals surface area (Å²) in [4.78, 5) is 0. The third kappa shape index (κ3) is 1.36. The van der Waals surface area contributed by atoms with Gasteiger partial charge in [-0.05, 0) is 0 Å². The summed E-state index contributed by atoms with van der Waals surface area (Å²) in [6.45, 7) is -3.02. The van der Waals surface area contributed by atoms with E-state index in [2.05, 4.69) is 0 Å². The van der Waals surface area contributed by atoms with E-state index < -0.39 is 6.62 Å². The first-order chi connectivity index (χ1) is 3.68. The van der Waals surface area contributed by atoms with Crippen molar-refractivity contribution >= 4 is 17.9 Å². The van der Waals surface area contributed by atoms with Crippen LogP contribution in [0.2, 0.25) is 0 Å². The number of hydrogen-bond acceptors (Lipinski definition) is 3. The van der Waals surface area contributed by atoms with Gasteiger partial charge in [-0.3, -0.25) is 0 Å². The minimum atomic E-state index is -3.02. The molecular formula is C3ClN3P+. The number of nitriles is 3. The molecule has 0 fully saturated rings. The molecule has 0 heterocycles. The molecule has 3 nitrogen and oxygen atoms in total. The van der Waals surface area contributed by atoms with Crippen LogP contribution < -0.4 is 0 Å². The van der Waals surface area contributed by atoms with Crippen LogP contribution in [0.1, 0.15) is 0 Å². The Kier molecular flexibility index (Phi) is 2.23. The monoisotopic (exact) mass is 144 g/mol. The molecule has 0 aliphatic carbocycles. The van der Waals surface area contributed by atoms with E-state index in [9.17, 15) is 0 Å². The maximum absolute atomic E-state index is 8.01. The fourth-order valence-corrected chi connectivity index (χ4v) is 0.201. The highest BCUT2D eigenvalue weighted by molar-refractivity contribution is 8.09. The molecular weight excluding hydrogens is 144 g/mol. The maximum atomic E-state index is 8.01. The first kappa shape index (κ1) is 7.19. The van der Waals surface area contributed by atoms with Crippen LogP contribution in [0.4, 0.5) is 0 Å². The van der Waals surface area contributed by atoms with Gasteiger partial charge in [0.1, 0.15) is 11.2 Å². The maximum Gasteiger partial charge on any atom is 0.423 e. The predicted molar refractivity (Wildman–Crippen MR) is 29.6 cm³/mol. The Morgan fingerprint density at radius 1 is 1.00 bits per heavy atom. The second-order valence-electron chi connectivity index (χ2n) is 0.889. The molecule has 0 aliphatic heterocycles. The van der Waals surface area contributed by atoms with Crippen molar-refractivity contribution in [3.05, 3.63) is 0 Å². The third-order valence-corrected chi connectivity index (χ3v) is 1.92. The van der Waals surface area contributed by atoms with Crippen molar-refractivity contribution in [3.63, 3.8) is 0 Å². The molecule has 0 aromatic rings. The average Bonchev–Trinajstić information content (AvgIpc) is 1.87. The summed E-state index contributed by atoms with van der Waals surface area (Å²) in [6, 6.07) is 0. The molecule has 0 aromatic carbocycles. The van der Waals surface area contributed by atoms with Gasteiger partial charge in [0.05, 0.1) is 0 Å². The Balaban J connectivity index is 4.42. The molecule has 38 valence electrons. The van der Waals surface area contributed by atoms with Crippen LogP contribution in [-0.2, 0) is 0 Å². The number of nitrogens with zero attached hydrogens (tertiary/aromatic N) is 3. The summed E-state index contributed by atoms with van der Waals surface area (Å²) in [5, 5.41) is 24.0. The van der Waals surface area contributed by atoms with E-state index in [1.54, 1.807) is 0 Å². The lowest BCUT2D eigenvalue weighted by atomic mass is 11.7. The van der Waals surface area contributed by atoms with Crippen molar-refractivity contribution in [2.75, 3.05) is 0 Å². The van der Waals surface area contributed by atoms with Gasteiger partial charge in [0, 0.05) is 0 Å². The van der Waals surface area contributed by atoms with Crippen molar-refractivity contribution in [1.82, 2.24) is 0 Å². The molecule has 0 rings (SSSR count). The summed E-state index contributed by atoms with van der Waals surface area (Å²) in [7, 11) is 0. The zero-order chi connectivity index (χ0) is 6.62. The molecule has 0 radical (unpaired) electrons. The van der Waals surface area contributed by atoms with Crippen molar-refractivity contribution < 1.29 is 0 Å². The average molecular weight is 144 g/mol. The molecule has 0 bridgehead atoms. The number of halogens is 1. The standard InChI is InChI=1S/C3ClN3P/c4-8(1-5,2-6)3-7/q+1. The normalized spacial score (nSPS) is 8.25. The van der Waals surface area contributed by atoms with Crippen LogP contribution in [0.5, 0.6) is 0 Å². The Hall–Kier alpha value is -0.810. The van der Waals surface area contributed by atoms with E-state index in [1.165, 1.54) is 17.4 Å². The van der Waals surface area contributed by atoms with Crippen molar-refractivity contribution in [3.8, 4) is 17.4 Å². The molecule has 0 amide bonds. The molecule has 0 saturated heterocycles. The third-order valence-electron chi connectivity index (χ3n) is 0.413. The van der Waals surface area contributed by atoms with Crippen molar-refractivity contribution in [1.29, 1.82) is 15.8 Å². The van der Waals surface area contributed by atoms with Gasteiger partial charge in [0.25, 0.3) is 17.4 Å². The molecule has 0 aliphatic rings. The largest absolute Gasteiger partial charge is 0.423 e. The van der Waals surface area contributed by atoms with Gasteiger partial charge in [-0.15, -0.1) is 15.8 Å². The SMILES string of the molecule is N#C[P+](Cl)(C#N)C#N. The van der Waals surface area contributed by atoms with E-state index in [0.717, 1.165) is 0 Å². The first-order valence-electron chi connectivity index (χ1n) is 1.51. The highest BCUT2D eigenvalue weighted by Crippen LogP contribution is 2.60. The van der Waals surface area contributed by atoms with E-state index in [0.29, 0.717) is 0 Å². The van der Waals surface area contributed by atoms with Gasteiger partial charge in [-0.25, -0.2) is 0 Å². The van der Waals surface area contributed by atoms with Gasteiger partial charge in [-0.1, -0.05) is 0 Å². The number of rotatable bonds is 0. The fourth-order valence-electron chi connectivity index (χ4n) is 0.0671. The zero-order valence-corrected chi connectivity index (χ0v) is 5.32. The quantitative estimate of drug-likeness (QED) is 0.485. The second-order valence-corrected chi connectivity index (χ2v) is 4.19. The minimum absolute atomic E-state index is 1.43. The summed E-state index contributed by atoms with van der Waals surface area (Å²) in [5.74, 6) is 4.30. The minimum Gasteiger partial charge on any atom is -0.147 e. The Morgan fingerprint density at radius 3 is 1.25 bits per heavy atom. The summed E-state index contributed by atoms with van der Waals surface area (Å²) in [5.41, 5.74) is 0. The lowest BCUT2D eigenvalue weighted by molar-refractivity contribution is 1.54. The molecule has 0 saturated carbocycles. The summed E-state index contributed by atoms with van der Waals surface area (Å²) < 4.78 is 0. The highest BCUT2D eigenvalue weighted by Gasteiger charge is 2.39. The fraction of sp³-hybridized carbons (Fsp3) is 0. The molecule has 0 spiro atoms.